The first kappa shape index (κ1) is 29.6. The third-order valence-corrected chi connectivity index (χ3v) is 7.25. The third-order valence-electron chi connectivity index (χ3n) is 5.95. The molecule has 0 saturated carbocycles. The Morgan fingerprint density at radius 2 is 1.82 bits per heavy atom. The molecule has 0 bridgehead atoms. The molecule has 2 heterocycles. The lowest BCUT2D eigenvalue weighted by Gasteiger charge is -2.26. The molecule has 2 aromatic carbocycles. The highest BCUT2D eigenvalue weighted by Gasteiger charge is 2.33. The van der Waals surface area contributed by atoms with E-state index in [1.807, 2.05) is 0 Å². The first-order valence-electron chi connectivity index (χ1n) is 12.2. The largest absolute Gasteiger partial charge is 0.492 e. The van der Waals surface area contributed by atoms with E-state index in [4.69, 9.17) is 26.8 Å². The number of thioether (sulfide) groups is 1. The van der Waals surface area contributed by atoms with Gasteiger partial charge in [-0.3, -0.25) is 19.3 Å². The molecular formula is C26H26F2N4O6S2. The normalized spacial score (nSPS) is 16.9. The Bertz CT molecular complexity index is 1340. The fraction of sp³-hybridized carbons (Fsp3) is 0.308. The second-order valence-electron chi connectivity index (χ2n) is 8.71. The second kappa shape index (κ2) is 13.8. The molecule has 2 fully saturated rings. The molecule has 2 aliphatic heterocycles. The molecule has 2 amide bonds. The molecule has 0 atom stereocenters. The maximum absolute atomic E-state index is 13.9. The number of amides is 2. The molecule has 0 aliphatic carbocycles. The van der Waals surface area contributed by atoms with E-state index in [-0.39, 0.29) is 15.8 Å². The van der Waals surface area contributed by atoms with Gasteiger partial charge in [-0.15, -0.1) is 0 Å². The molecule has 14 heteroatoms. The van der Waals surface area contributed by atoms with Crippen LogP contribution in [0.25, 0.3) is 17.2 Å². The molecule has 3 N–H and O–H groups in total. The highest BCUT2D eigenvalue weighted by Crippen LogP contribution is 2.35. The number of hydrogen-bond acceptors (Lipinski definition) is 9. The number of morpholine rings is 1. The zero-order valence-corrected chi connectivity index (χ0v) is 22.8. The van der Waals surface area contributed by atoms with Crippen LogP contribution in [0.2, 0.25) is 0 Å². The topological polar surface area (TPSA) is 120 Å². The van der Waals surface area contributed by atoms with Gasteiger partial charge in [-0.1, -0.05) is 36.1 Å². The van der Waals surface area contributed by atoms with Crippen LogP contribution in [0.1, 0.15) is 5.56 Å². The van der Waals surface area contributed by atoms with E-state index in [1.54, 1.807) is 24.3 Å². The summed E-state index contributed by atoms with van der Waals surface area (Å²) in [7, 11) is 0. The number of aliphatic carboxylic acids is 1. The number of ether oxygens (including phenoxy) is 2. The molecule has 10 nitrogen and oxygen atoms in total. The second-order valence-corrected chi connectivity index (χ2v) is 10.4. The minimum Gasteiger partial charge on any atom is -0.492 e. The zero-order valence-electron chi connectivity index (χ0n) is 21.2. The molecule has 4 rings (SSSR count). The molecular weight excluding hydrogens is 566 g/mol. The van der Waals surface area contributed by atoms with Crippen LogP contribution in [-0.2, 0) is 19.1 Å². The van der Waals surface area contributed by atoms with Crippen molar-refractivity contribution in [1.29, 1.82) is 0 Å². The summed E-state index contributed by atoms with van der Waals surface area (Å²) < 4.78 is 39.0. The summed E-state index contributed by atoms with van der Waals surface area (Å²) >= 11 is 6.29. The Labute approximate surface area is 238 Å². The number of carbonyl (C=O) groups excluding carboxylic acids is 2. The molecule has 2 aliphatic rings. The van der Waals surface area contributed by atoms with Crippen LogP contribution in [0.5, 0.6) is 5.75 Å². The Morgan fingerprint density at radius 3 is 2.55 bits per heavy atom. The van der Waals surface area contributed by atoms with E-state index >= 15 is 0 Å². The molecule has 2 aromatic rings. The summed E-state index contributed by atoms with van der Waals surface area (Å²) in [5.74, 6) is -3.81. The van der Waals surface area contributed by atoms with Gasteiger partial charge in [0.25, 0.3) is 5.91 Å². The van der Waals surface area contributed by atoms with Gasteiger partial charge in [0.2, 0.25) is 5.91 Å². The Kier molecular flexibility index (Phi) is 10.2. The number of carboxylic acid groups (broad SMARTS) is 1. The number of nitrogens with one attached hydrogen (secondary N) is 2. The average molecular weight is 593 g/mol. The van der Waals surface area contributed by atoms with E-state index in [0.29, 0.717) is 48.8 Å². The van der Waals surface area contributed by atoms with Crippen LogP contribution in [0.15, 0.2) is 41.3 Å². The number of thiocarbonyl (C=S) groups is 1. The predicted octanol–water partition coefficient (Wildman–Crippen LogP) is 2.25. The number of carbonyl (C=O) groups is 3. The van der Waals surface area contributed by atoms with Crippen molar-refractivity contribution >= 4 is 52.2 Å². The first-order valence-corrected chi connectivity index (χ1v) is 13.5. The lowest BCUT2D eigenvalue weighted by Crippen LogP contribution is -2.47. The van der Waals surface area contributed by atoms with E-state index in [1.165, 1.54) is 6.07 Å². The van der Waals surface area contributed by atoms with Crippen molar-refractivity contribution in [1.82, 2.24) is 20.7 Å². The van der Waals surface area contributed by atoms with Crippen molar-refractivity contribution < 1.29 is 37.7 Å². The summed E-state index contributed by atoms with van der Waals surface area (Å²) in [5.41, 5.74) is 4.14. The van der Waals surface area contributed by atoms with Gasteiger partial charge in [-0.05, 0) is 41.5 Å². The maximum Gasteiger partial charge on any atom is 0.322 e. The summed E-state index contributed by atoms with van der Waals surface area (Å²) in [4.78, 5) is 38.0. The molecule has 0 unspecified atom stereocenters. The molecule has 0 spiro atoms. The summed E-state index contributed by atoms with van der Waals surface area (Å²) in [5, 5.41) is 11.9. The van der Waals surface area contributed by atoms with E-state index in [2.05, 4.69) is 15.6 Å². The molecule has 40 heavy (non-hydrogen) atoms. The Morgan fingerprint density at radius 1 is 1.10 bits per heavy atom. The number of carboxylic acids is 1. The Hall–Kier alpha value is -3.43. The smallest absolute Gasteiger partial charge is 0.322 e. The van der Waals surface area contributed by atoms with Gasteiger partial charge in [0.05, 0.1) is 24.7 Å². The van der Waals surface area contributed by atoms with Crippen LogP contribution in [-0.4, -0.2) is 89.7 Å². The Balaban J connectivity index is 1.54. The molecule has 2 saturated heterocycles. The van der Waals surface area contributed by atoms with E-state index in [0.717, 1.165) is 42.0 Å². The lowest BCUT2D eigenvalue weighted by molar-refractivity contribution is -0.138. The van der Waals surface area contributed by atoms with Crippen molar-refractivity contribution in [3.05, 3.63) is 58.5 Å². The summed E-state index contributed by atoms with van der Waals surface area (Å²) in [6, 6.07) is 8.71. The highest BCUT2D eigenvalue weighted by atomic mass is 32.2. The van der Waals surface area contributed by atoms with Gasteiger partial charge in [0.1, 0.15) is 18.9 Å². The lowest BCUT2D eigenvalue weighted by atomic mass is 10.0. The van der Waals surface area contributed by atoms with Crippen LogP contribution >= 0.6 is 24.0 Å². The molecule has 0 aromatic heterocycles. The van der Waals surface area contributed by atoms with Crippen LogP contribution in [0, 0.1) is 11.6 Å². The van der Waals surface area contributed by atoms with Gasteiger partial charge >= 0.3 is 5.97 Å². The van der Waals surface area contributed by atoms with Gasteiger partial charge < -0.3 is 19.9 Å². The minimum absolute atomic E-state index is 0.147. The van der Waals surface area contributed by atoms with Gasteiger partial charge in [-0.25, -0.2) is 19.2 Å². The molecule has 0 radical (unpaired) electrons. The van der Waals surface area contributed by atoms with E-state index in [9.17, 15) is 23.2 Å². The summed E-state index contributed by atoms with van der Waals surface area (Å²) in [6.45, 7) is 3.04. The fourth-order valence-electron chi connectivity index (χ4n) is 3.89. The van der Waals surface area contributed by atoms with Crippen LogP contribution < -0.4 is 15.5 Å². The highest BCUT2D eigenvalue weighted by molar-refractivity contribution is 8.26. The fourth-order valence-corrected chi connectivity index (χ4v) is 5.10. The number of nitrogens with zero attached hydrogens (tertiary/aromatic N) is 2. The van der Waals surface area contributed by atoms with Crippen molar-refractivity contribution in [2.45, 2.75) is 0 Å². The number of halogens is 2. The number of hydrogen-bond donors (Lipinski definition) is 3. The first-order chi connectivity index (χ1) is 19.2. The minimum atomic E-state index is -1.20. The average Bonchev–Trinajstić information content (AvgIpc) is 3.20. The van der Waals surface area contributed by atoms with Crippen molar-refractivity contribution in [2.75, 3.05) is 52.5 Å². The predicted molar refractivity (Wildman–Crippen MR) is 148 cm³/mol. The monoisotopic (exact) mass is 592 g/mol. The van der Waals surface area contributed by atoms with E-state index < -0.39 is 36.0 Å². The number of rotatable bonds is 11. The summed E-state index contributed by atoms with van der Waals surface area (Å²) in [6.07, 6.45) is 1.58. The van der Waals surface area contributed by atoms with Gasteiger partial charge in [0.15, 0.2) is 16.0 Å². The SMILES string of the molecule is O=C(O)CNC(=O)CNN1C(=O)/C(=C/c2cc(-c3ccc(F)c(F)c3)ccc2OCCN2CCOCC2)SC1=S. The van der Waals surface area contributed by atoms with Crippen molar-refractivity contribution in [3.8, 4) is 16.9 Å². The quantitative estimate of drug-likeness (QED) is 0.265. The number of benzene rings is 2. The standard InChI is InChI=1S/C26H26F2N4O6S2/c27-19-3-1-17(12-20(19)28)16-2-4-21(38-10-7-31-5-8-37-9-6-31)18(11-16)13-22-25(36)32(26(39)40-22)30-14-23(33)29-15-24(34)35/h1-4,11-13,30H,5-10,14-15H2,(H,29,33)(H,34,35)/b22-13-. The van der Waals surface area contributed by atoms with Crippen molar-refractivity contribution in [2.24, 2.45) is 0 Å². The zero-order chi connectivity index (χ0) is 28.6. The maximum atomic E-state index is 13.9. The molecule has 212 valence electrons. The van der Waals surface area contributed by atoms with Gasteiger partial charge in [-0.2, -0.15) is 0 Å². The van der Waals surface area contributed by atoms with Crippen LogP contribution in [0.3, 0.4) is 0 Å². The van der Waals surface area contributed by atoms with Gasteiger partial charge in [0, 0.05) is 25.2 Å². The van der Waals surface area contributed by atoms with Crippen LogP contribution in [0.4, 0.5) is 8.78 Å². The third kappa shape index (κ3) is 7.82. The van der Waals surface area contributed by atoms with Crippen molar-refractivity contribution in [3.63, 3.8) is 0 Å². The number of hydrazine groups is 1.